The Hall–Kier alpha value is -0.470. The quantitative estimate of drug-likeness (QED) is 0.794. The summed E-state index contributed by atoms with van der Waals surface area (Å²) in [6.45, 7) is 4.05. The molecule has 1 atom stereocenters. The fraction of sp³-hybridized carbons (Fsp3) is 0.556. The van der Waals surface area contributed by atoms with Gasteiger partial charge in [-0.25, -0.2) is 0 Å². The van der Waals surface area contributed by atoms with Gasteiger partial charge in [-0.3, -0.25) is 0 Å². The van der Waals surface area contributed by atoms with Crippen molar-refractivity contribution in [3.8, 4) is 0 Å². The monoisotopic (exact) mass is 189 g/mol. The number of hydrogen-bond acceptors (Lipinski definition) is 2. The average Bonchev–Trinajstić information content (AvgIpc) is 2.36. The Labute approximate surface area is 79.5 Å². The van der Waals surface area contributed by atoms with Crippen LogP contribution in [0.4, 0.5) is 0 Å². The van der Waals surface area contributed by atoms with Gasteiger partial charge in [-0.15, -0.1) is 12.4 Å². The van der Waals surface area contributed by atoms with E-state index in [1.54, 1.807) is 0 Å². The van der Waals surface area contributed by atoms with Crippen LogP contribution in [0.5, 0.6) is 0 Å². The van der Waals surface area contributed by atoms with E-state index in [1.165, 1.54) is 0 Å². The van der Waals surface area contributed by atoms with E-state index in [-0.39, 0.29) is 18.4 Å². The van der Waals surface area contributed by atoms with Crippen LogP contribution in [0.15, 0.2) is 16.5 Å². The van der Waals surface area contributed by atoms with Crippen LogP contribution in [-0.2, 0) is 0 Å². The van der Waals surface area contributed by atoms with Gasteiger partial charge < -0.3 is 10.2 Å². The third-order valence-corrected chi connectivity index (χ3v) is 1.73. The lowest BCUT2D eigenvalue weighted by Gasteiger charge is -2.05. The van der Waals surface area contributed by atoms with Gasteiger partial charge in [-0.2, -0.15) is 0 Å². The number of furan rings is 1. The molecule has 0 bridgehead atoms. The van der Waals surface area contributed by atoms with E-state index >= 15 is 0 Å². The molecular weight excluding hydrogens is 174 g/mol. The summed E-state index contributed by atoms with van der Waals surface area (Å²) >= 11 is 0. The number of halogens is 1. The summed E-state index contributed by atoms with van der Waals surface area (Å²) in [5, 5.41) is 0. The van der Waals surface area contributed by atoms with Crippen molar-refractivity contribution in [1.82, 2.24) is 0 Å². The van der Waals surface area contributed by atoms with Crippen molar-refractivity contribution >= 4 is 12.4 Å². The Balaban J connectivity index is 0.00000121. The Morgan fingerprint density at radius 3 is 2.58 bits per heavy atom. The van der Waals surface area contributed by atoms with Crippen LogP contribution in [0.1, 0.15) is 37.3 Å². The minimum Gasteiger partial charge on any atom is -0.465 e. The van der Waals surface area contributed by atoms with Gasteiger partial charge in [0.25, 0.3) is 0 Å². The first-order valence-electron chi connectivity index (χ1n) is 4.06. The van der Waals surface area contributed by atoms with E-state index in [2.05, 4.69) is 6.92 Å². The summed E-state index contributed by atoms with van der Waals surface area (Å²) in [6, 6.07) is 3.98. The Morgan fingerprint density at radius 2 is 2.17 bits per heavy atom. The minimum absolute atomic E-state index is 0. The Kier molecular flexibility index (Phi) is 5.02. The van der Waals surface area contributed by atoms with E-state index in [9.17, 15) is 0 Å². The highest BCUT2D eigenvalue weighted by Crippen LogP contribution is 2.17. The lowest BCUT2D eigenvalue weighted by atomic mass is 10.1. The maximum atomic E-state index is 5.83. The SMILES string of the molecule is CCC[C@H](N)c1ccc(C)o1.Cl. The van der Waals surface area contributed by atoms with Crippen LogP contribution < -0.4 is 5.73 Å². The Morgan fingerprint density at radius 1 is 1.50 bits per heavy atom. The standard InChI is InChI=1S/C9H15NO.ClH/c1-3-4-8(10)9-6-5-7(2)11-9;/h5-6,8H,3-4,10H2,1-2H3;1H/t8-;/m0./s1. The summed E-state index contributed by atoms with van der Waals surface area (Å²) in [6.07, 6.45) is 2.09. The topological polar surface area (TPSA) is 39.2 Å². The van der Waals surface area contributed by atoms with E-state index in [0.29, 0.717) is 0 Å². The number of rotatable bonds is 3. The molecule has 1 rings (SSSR count). The molecule has 0 spiro atoms. The highest BCUT2D eigenvalue weighted by atomic mass is 35.5. The summed E-state index contributed by atoms with van der Waals surface area (Å²) in [5.74, 6) is 1.84. The van der Waals surface area contributed by atoms with Gasteiger partial charge in [0.2, 0.25) is 0 Å². The molecule has 3 heteroatoms. The molecule has 0 aliphatic rings. The fourth-order valence-electron chi connectivity index (χ4n) is 1.11. The van der Waals surface area contributed by atoms with Crippen molar-refractivity contribution < 1.29 is 4.42 Å². The number of hydrogen-bond donors (Lipinski definition) is 1. The zero-order chi connectivity index (χ0) is 8.27. The van der Waals surface area contributed by atoms with Gasteiger partial charge in [0.15, 0.2) is 0 Å². The summed E-state index contributed by atoms with van der Waals surface area (Å²) < 4.78 is 5.37. The second kappa shape index (κ2) is 5.22. The Bertz CT molecular complexity index is 222. The van der Waals surface area contributed by atoms with E-state index in [0.717, 1.165) is 24.4 Å². The highest BCUT2D eigenvalue weighted by Gasteiger charge is 2.07. The minimum atomic E-state index is 0. The molecule has 2 N–H and O–H groups in total. The van der Waals surface area contributed by atoms with Gasteiger partial charge in [0, 0.05) is 0 Å². The molecule has 1 aromatic rings. The van der Waals surface area contributed by atoms with Crippen molar-refractivity contribution in [3.05, 3.63) is 23.7 Å². The summed E-state index contributed by atoms with van der Waals surface area (Å²) in [7, 11) is 0. The molecule has 1 aromatic heterocycles. The molecule has 0 saturated heterocycles. The summed E-state index contributed by atoms with van der Waals surface area (Å²) in [4.78, 5) is 0. The molecule has 70 valence electrons. The molecule has 1 heterocycles. The molecule has 0 aliphatic heterocycles. The highest BCUT2D eigenvalue weighted by molar-refractivity contribution is 5.85. The first-order valence-corrected chi connectivity index (χ1v) is 4.06. The predicted octanol–water partition coefficient (Wildman–Crippen LogP) is 2.81. The first kappa shape index (κ1) is 11.5. The largest absolute Gasteiger partial charge is 0.465 e. The molecule has 0 unspecified atom stereocenters. The number of aryl methyl sites for hydroxylation is 1. The molecule has 12 heavy (non-hydrogen) atoms. The normalized spacial score (nSPS) is 12.2. The van der Waals surface area contributed by atoms with Crippen LogP contribution in [0, 0.1) is 6.92 Å². The van der Waals surface area contributed by atoms with Crippen molar-refractivity contribution in [2.75, 3.05) is 0 Å². The van der Waals surface area contributed by atoms with Crippen molar-refractivity contribution in [3.63, 3.8) is 0 Å². The summed E-state index contributed by atoms with van der Waals surface area (Å²) in [5.41, 5.74) is 5.83. The molecule has 0 amide bonds. The first-order chi connectivity index (χ1) is 5.24. The molecule has 0 aromatic carbocycles. The van der Waals surface area contributed by atoms with Crippen LogP contribution in [0.2, 0.25) is 0 Å². The lowest BCUT2D eigenvalue weighted by molar-refractivity contribution is 0.433. The van der Waals surface area contributed by atoms with Crippen molar-refractivity contribution in [2.24, 2.45) is 5.73 Å². The van der Waals surface area contributed by atoms with Crippen LogP contribution in [-0.4, -0.2) is 0 Å². The second-order valence-electron chi connectivity index (χ2n) is 2.84. The van der Waals surface area contributed by atoms with Gasteiger partial charge in [-0.1, -0.05) is 13.3 Å². The fourth-order valence-corrected chi connectivity index (χ4v) is 1.11. The van der Waals surface area contributed by atoms with Crippen molar-refractivity contribution in [2.45, 2.75) is 32.7 Å². The lowest BCUT2D eigenvalue weighted by Crippen LogP contribution is -2.08. The van der Waals surface area contributed by atoms with Crippen LogP contribution >= 0.6 is 12.4 Å². The van der Waals surface area contributed by atoms with Gasteiger partial charge in [0.05, 0.1) is 6.04 Å². The average molecular weight is 190 g/mol. The molecule has 0 saturated carbocycles. The number of nitrogens with two attached hydrogens (primary N) is 1. The third kappa shape index (κ3) is 2.88. The van der Waals surface area contributed by atoms with Gasteiger partial charge in [0.1, 0.15) is 11.5 Å². The van der Waals surface area contributed by atoms with E-state index in [4.69, 9.17) is 10.2 Å². The van der Waals surface area contributed by atoms with E-state index in [1.807, 2.05) is 19.1 Å². The van der Waals surface area contributed by atoms with E-state index < -0.39 is 0 Å². The molecule has 0 radical (unpaired) electrons. The second-order valence-corrected chi connectivity index (χ2v) is 2.84. The maximum absolute atomic E-state index is 5.83. The third-order valence-electron chi connectivity index (χ3n) is 1.73. The van der Waals surface area contributed by atoms with Gasteiger partial charge >= 0.3 is 0 Å². The molecule has 2 nitrogen and oxygen atoms in total. The maximum Gasteiger partial charge on any atom is 0.120 e. The van der Waals surface area contributed by atoms with Crippen molar-refractivity contribution in [1.29, 1.82) is 0 Å². The zero-order valence-electron chi connectivity index (χ0n) is 7.54. The van der Waals surface area contributed by atoms with Crippen LogP contribution in [0.25, 0.3) is 0 Å². The van der Waals surface area contributed by atoms with Crippen LogP contribution in [0.3, 0.4) is 0 Å². The molecular formula is C9H16ClNO. The zero-order valence-corrected chi connectivity index (χ0v) is 8.36. The molecule has 0 aliphatic carbocycles. The smallest absolute Gasteiger partial charge is 0.120 e. The molecule has 0 fully saturated rings. The predicted molar refractivity (Wildman–Crippen MR) is 52.5 cm³/mol. The van der Waals surface area contributed by atoms with Gasteiger partial charge in [-0.05, 0) is 25.5 Å².